The van der Waals surface area contributed by atoms with Crippen LogP contribution >= 0.6 is 0 Å². The number of ether oxygens (including phenoxy) is 2. The molecule has 0 aliphatic heterocycles. The van der Waals surface area contributed by atoms with Gasteiger partial charge in [0.2, 0.25) is 12.2 Å². The fourth-order valence-corrected chi connectivity index (χ4v) is 1.41. The second-order valence-electron chi connectivity index (χ2n) is 4.85. The number of carbonyl (C=O) groups is 6. The van der Waals surface area contributed by atoms with Crippen LogP contribution < -0.4 is 59.1 Å². The molecule has 0 aromatic rings. The minimum absolute atomic E-state index is 0. The van der Waals surface area contributed by atoms with E-state index in [4.69, 9.17) is 30.6 Å². The Balaban J connectivity index is -0.000000607. The topological polar surface area (TPSA) is 283 Å². The van der Waals surface area contributed by atoms with E-state index in [2.05, 4.69) is 9.47 Å². The van der Waals surface area contributed by atoms with Crippen LogP contribution in [-0.4, -0.2) is 113 Å². The molecule has 0 aliphatic carbocycles. The molecule has 0 aliphatic rings. The first kappa shape index (κ1) is 33.3. The van der Waals surface area contributed by atoms with Crippen LogP contribution in [0, 0.1) is 0 Å². The Kier molecular flexibility index (Phi) is 16.2. The van der Waals surface area contributed by atoms with E-state index in [1.165, 1.54) is 0 Å². The summed E-state index contributed by atoms with van der Waals surface area (Å²) in [6.07, 6.45) is -17.0. The van der Waals surface area contributed by atoms with Gasteiger partial charge in [-0.05, 0) is 0 Å². The van der Waals surface area contributed by atoms with E-state index in [1.807, 2.05) is 0 Å². The molecule has 8 N–H and O–H groups in total. The average molecular weight is 462 g/mol. The van der Waals surface area contributed by atoms with Gasteiger partial charge in [0, 0.05) is 0 Å². The SMILES string of the molecule is O=C(OC(C(=O)O)C(O)C(=O)O)C(O)C(O)C(=O)OC(C(=O)O)C(O)C(=O)O.[H-].[H-].[Na+].[Na+]. The van der Waals surface area contributed by atoms with Crippen LogP contribution in [0.25, 0.3) is 0 Å². The van der Waals surface area contributed by atoms with Crippen LogP contribution in [0.5, 0.6) is 0 Å². The van der Waals surface area contributed by atoms with E-state index in [1.54, 1.807) is 0 Å². The van der Waals surface area contributed by atoms with Crippen molar-refractivity contribution in [3.8, 4) is 0 Å². The van der Waals surface area contributed by atoms with Crippen LogP contribution in [0.15, 0.2) is 0 Å². The van der Waals surface area contributed by atoms with Crippen molar-refractivity contribution in [2.75, 3.05) is 0 Å². The van der Waals surface area contributed by atoms with Crippen molar-refractivity contribution >= 4 is 35.8 Å². The molecule has 18 heteroatoms. The van der Waals surface area contributed by atoms with E-state index in [0.29, 0.717) is 0 Å². The van der Waals surface area contributed by atoms with Gasteiger partial charge in [0.25, 0.3) is 0 Å². The fourth-order valence-electron chi connectivity index (χ4n) is 1.41. The van der Waals surface area contributed by atoms with Crippen LogP contribution in [0.4, 0.5) is 0 Å². The van der Waals surface area contributed by atoms with Gasteiger partial charge in [-0.2, -0.15) is 0 Å². The molecule has 0 heterocycles. The maximum atomic E-state index is 11.5. The van der Waals surface area contributed by atoms with Crippen LogP contribution in [0.1, 0.15) is 2.85 Å². The number of carboxylic acids is 4. The van der Waals surface area contributed by atoms with Gasteiger partial charge in [0.1, 0.15) is 0 Å². The molecule has 30 heavy (non-hydrogen) atoms. The number of aliphatic hydroxyl groups is 4. The summed E-state index contributed by atoms with van der Waals surface area (Å²) in [6.45, 7) is 0. The fraction of sp³-hybridized carbons (Fsp3) is 0.500. The Bertz CT molecular complexity index is 619. The summed E-state index contributed by atoms with van der Waals surface area (Å²) in [5, 5.41) is 71.4. The summed E-state index contributed by atoms with van der Waals surface area (Å²) in [4.78, 5) is 65.7. The van der Waals surface area contributed by atoms with Gasteiger partial charge in [-0.15, -0.1) is 0 Å². The number of rotatable bonds is 11. The van der Waals surface area contributed by atoms with Gasteiger partial charge in [-0.1, -0.05) is 0 Å². The van der Waals surface area contributed by atoms with Crippen molar-refractivity contribution in [3.63, 3.8) is 0 Å². The Hall–Kier alpha value is -1.34. The molecule has 0 saturated heterocycles. The number of carboxylic acid groups (broad SMARTS) is 4. The van der Waals surface area contributed by atoms with Gasteiger partial charge in [-0.3, -0.25) is 0 Å². The van der Waals surface area contributed by atoms with Crippen molar-refractivity contribution in [1.29, 1.82) is 0 Å². The number of esters is 2. The summed E-state index contributed by atoms with van der Waals surface area (Å²) in [5.74, 6) is -12.9. The van der Waals surface area contributed by atoms with E-state index >= 15 is 0 Å². The summed E-state index contributed by atoms with van der Waals surface area (Å²) in [6, 6.07) is 0. The minimum Gasteiger partial charge on any atom is -1.00 e. The summed E-state index contributed by atoms with van der Waals surface area (Å²) >= 11 is 0. The molecule has 0 aromatic heterocycles. The van der Waals surface area contributed by atoms with E-state index < -0.39 is 72.4 Å². The number of hydrogen-bond acceptors (Lipinski definition) is 12. The van der Waals surface area contributed by atoms with Gasteiger partial charge in [0.05, 0.1) is 0 Å². The van der Waals surface area contributed by atoms with Gasteiger partial charge < -0.3 is 53.2 Å². The minimum atomic E-state index is -2.97. The molecule has 6 unspecified atom stereocenters. The summed E-state index contributed by atoms with van der Waals surface area (Å²) in [5.41, 5.74) is 0. The Morgan fingerprint density at radius 3 is 0.900 bits per heavy atom. The molecule has 16 nitrogen and oxygen atoms in total. The third kappa shape index (κ3) is 9.65. The maximum Gasteiger partial charge on any atom is 1.00 e. The third-order valence-electron chi connectivity index (χ3n) is 2.83. The molecule has 162 valence electrons. The van der Waals surface area contributed by atoms with E-state index in [-0.39, 0.29) is 62.0 Å². The molecule has 0 saturated carbocycles. The number of aliphatic carboxylic acids is 4. The maximum absolute atomic E-state index is 11.5. The predicted molar refractivity (Wildman–Crippen MR) is 76.6 cm³/mol. The monoisotopic (exact) mass is 462 g/mol. The Labute approximate surface area is 212 Å². The molecule has 0 fully saturated rings. The summed E-state index contributed by atoms with van der Waals surface area (Å²) < 4.78 is 7.92. The van der Waals surface area contributed by atoms with Crippen molar-refractivity contribution in [2.45, 2.75) is 36.6 Å². The van der Waals surface area contributed by atoms with E-state index in [0.717, 1.165) is 0 Å². The largest absolute Gasteiger partial charge is 1.00 e. The second-order valence-corrected chi connectivity index (χ2v) is 4.85. The third-order valence-corrected chi connectivity index (χ3v) is 2.83. The van der Waals surface area contributed by atoms with Crippen LogP contribution in [0.2, 0.25) is 0 Å². The summed E-state index contributed by atoms with van der Waals surface area (Å²) in [7, 11) is 0. The first-order valence-corrected chi connectivity index (χ1v) is 6.76. The van der Waals surface area contributed by atoms with Crippen molar-refractivity contribution in [1.82, 2.24) is 0 Å². The number of aliphatic hydroxyl groups excluding tert-OH is 4. The number of hydrogen-bond donors (Lipinski definition) is 8. The zero-order chi connectivity index (χ0) is 22.3. The van der Waals surface area contributed by atoms with Gasteiger partial charge in [0.15, 0.2) is 24.4 Å². The second kappa shape index (κ2) is 14.6. The molecular weight excluding hydrogens is 446 g/mol. The molecule has 0 radical (unpaired) electrons. The molecule has 0 spiro atoms. The van der Waals surface area contributed by atoms with Gasteiger partial charge >= 0.3 is 94.9 Å². The molecule has 0 amide bonds. The normalized spacial score (nSPS) is 16.0. The Morgan fingerprint density at radius 1 is 0.500 bits per heavy atom. The number of carbonyl (C=O) groups excluding carboxylic acids is 2. The first-order valence-electron chi connectivity index (χ1n) is 6.76. The van der Waals surface area contributed by atoms with Crippen molar-refractivity contribution in [2.24, 2.45) is 0 Å². The zero-order valence-electron chi connectivity index (χ0n) is 17.3. The predicted octanol–water partition coefficient (Wildman–Crippen LogP) is -11.2. The Morgan fingerprint density at radius 2 is 0.733 bits per heavy atom. The van der Waals surface area contributed by atoms with Crippen molar-refractivity contribution in [3.05, 3.63) is 0 Å². The van der Waals surface area contributed by atoms with Crippen molar-refractivity contribution < 1.29 is 141 Å². The van der Waals surface area contributed by atoms with E-state index in [9.17, 15) is 39.0 Å². The van der Waals surface area contributed by atoms with Crippen LogP contribution in [-0.2, 0) is 38.2 Å². The molecular formula is C12H16Na2O16. The first-order chi connectivity index (χ1) is 12.7. The standard InChI is InChI=1S/C12H14O16.2Na.2H/c13-1(11(25)27-5(9(21)22)3(15)7(17)18)2(14)12(26)28-6(10(23)24)4(16)8(19)20;;;;/h1-6,13-16H,(H,17,18)(H,19,20)(H,21,22)(H,23,24);;;;/q;2*+1;2*-1. The smallest absolute Gasteiger partial charge is 1.00 e. The quantitative estimate of drug-likeness (QED) is 0.104. The van der Waals surface area contributed by atoms with Gasteiger partial charge in [-0.25, -0.2) is 28.8 Å². The molecule has 0 rings (SSSR count). The average Bonchev–Trinajstić information content (AvgIpc) is 2.60. The zero-order valence-corrected chi connectivity index (χ0v) is 19.3. The molecule has 0 aromatic carbocycles. The molecule has 0 bridgehead atoms. The van der Waals surface area contributed by atoms with Crippen LogP contribution in [0.3, 0.4) is 0 Å². The molecule has 6 atom stereocenters.